The van der Waals surface area contributed by atoms with Gasteiger partial charge in [-0.05, 0) is 94.2 Å². The Hall–Kier alpha value is -3.07. The number of hydrogen-bond donors (Lipinski definition) is 2. The van der Waals surface area contributed by atoms with Crippen molar-refractivity contribution < 1.29 is 23.5 Å². The Morgan fingerprint density at radius 2 is 1.41 bits per heavy atom. The molecule has 0 heterocycles. The van der Waals surface area contributed by atoms with Gasteiger partial charge in [0.2, 0.25) is 14.3 Å². The molecule has 0 bridgehead atoms. The van der Waals surface area contributed by atoms with Crippen molar-refractivity contribution in [2.45, 2.75) is 98.2 Å². The van der Waals surface area contributed by atoms with Gasteiger partial charge in [0.25, 0.3) is 0 Å². The first-order chi connectivity index (χ1) is 16.7. The highest BCUT2D eigenvalue weighted by Gasteiger charge is 2.39. The van der Waals surface area contributed by atoms with Gasteiger partial charge in [-0.1, -0.05) is 39.0 Å². The number of guanidine groups is 1. The highest BCUT2D eigenvalue weighted by molar-refractivity contribution is 6.74. The van der Waals surface area contributed by atoms with Crippen LogP contribution in [0.3, 0.4) is 0 Å². The molecule has 204 valence electrons. The Morgan fingerprint density at radius 1 is 0.865 bits per heavy atom. The third-order valence-corrected chi connectivity index (χ3v) is 10.3. The Morgan fingerprint density at radius 3 is 1.95 bits per heavy atom. The maximum absolute atomic E-state index is 13.0. The standard InChI is InChI=1S/C28H43N3O5Si/c1-26(2,3)34-24(32)30-23(29)31(25(33)35-27(4,5)6)18-19-12-13-21-17-22(15-14-20(21)16-19)36-37(10,11)28(7,8)9/h12-17H,18H2,1-11H3,(H2,29,30,32). The van der Waals surface area contributed by atoms with Crippen molar-refractivity contribution >= 4 is 37.2 Å². The van der Waals surface area contributed by atoms with Gasteiger partial charge >= 0.3 is 12.2 Å². The molecular weight excluding hydrogens is 486 g/mol. The third-order valence-electron chi connectivity index (χ3n) is 5.90. The number of ether oxygens (including phenoxy) is 2. The Kier molecular flexibility index (Phi) is 8.74. The van der Waals surface area contributed by atoms with Gasteiger partial charge < -0.3 is 13.9 Å². The molecule has 2 rings (SSSR count). The molecule has 0 aromatic heterocycles. The van der Waals surface area contributed by atoms with Crippen LogP contribution in [0.4, 0.5) is 9.59 Å². The number of hydrogen-bond acceptors (Lipinski definition) is 6. The molecule has 37 heavy (non-hydrogen) atoms. The molecule has 2 N–H and O–H groups in total. The minimum atomic E-state index is -1.97. The van der Waals surface area contributed by atoms with E-state index in [9.17, 15) is 9.59 Å². The Labute approximate surface area is 222 Å². The van der Waals surface area contributed by atoms with Crippen LogP contribution in [-0.2, 0) is 16.0 Å². The summed E-state index contributed by atoms with van der Waals surface area (Å²) in [7, 11) is -1.97. The predicted molar refractivity (Wildman–Crippen MR) is 151 cm³/mol. The molecule has 0 aliphatic rings. The zero-order valence-electron chi connectivity index (χ0n) is 24.2. The van der Waals surface area contributed by atoms with E-state index in [1.165, 1.54) is 0 Å². The maximum atomic E-state index is 13.0. The SMILES string of the molecule is CC(C)(C)OC(=O)NC(=N)N(Cc1ccc2cc(O[Si](C)(C)C(C)(C)C)ccc2c1)C(=O)OC(C)(C)C. The van der Waals surface area contributed by atoms with Crippen LogP contribution in [0, 0.1) is 5.41 Å². The van der Waals surface area contributed by atoms with Crippen molar-refractivity contribution in [3.05, 3.63) is 42.0 Å². The molecule has 0 aliphatic carbocycles. The molecule has 2 aromatic rings. The summed E-state index contributed by atoms with van der Waals surface area (Å²) >= 11 is 0. The third kappa shape index (κ3) is 9.07. The molecule has 0 saturated heterocycles. The number of benzene rings is 2. The quantitative estimate of drug-likeness (QED) is 0.244. The fraction of sp³-hybridized carbons (Fsp3) is 0.536. The van der Waals surface area contributed by atoms with E-state index in [1.54, 1.807) is 41.5 Å². The second kappa shape index (κ2) is 10.7. The van der Waals surface area contributed by atoms with Gasteiger partial charge in [0.15, 0.2) is 0 Å². The Balaban J connectivity index is 2.30. The summed E-state index contributed by atoms with van der Waals surface area (Å²) in [6.45, 7) is 21.5. The number of nitrogens with zero attached hydrogens (tertiary/aromatic N) is 1. The lowest BCUT2D eigenvalue weighted by atomic mass is 10.1. The van der Waals surface area contributed by atoms with Crippen molar-refractivity contribution in [2.24, 2.45) is 0 Å². The van der Waals surface area contributed by atoms with E-state index in [-0.39, 0.29) is 11.6 Å². The van der Waals surface area contributed by atoms with E-state index in [0.29, 0.717) is 0 Å². The summed E-state index contributed by atoms with van der Waals surface area (Å²) in [5, 5.41) is 12.8. The molecule has 2 amide bonds. The first-order valence-corrected chi connectivity index (χ1v) is 15.4. The fourth-order valence-corrected chi connectivity index (χ4v) is 4.11. The Bertz CT molecular complexity index is 1160. The van der Waals surface area contributed by atoms with E-state index in [4.69, 9.17) is 19.3 Å². The molecule has 0 atom stereocenters. The van der Waals surface area contributed by atoms with Crippen LogP contribution in [0.1, 0.15) is 67.9 Å². The van der Waals surface area contributed by atoms with Gasteiger partial charge in [-0.2, -0.15) is 0 Å². The lowest BCUT2D eigenvalue weighted by Crippen LogP contribution is -2.49. The minimum absolute atomic E-state index is 0.0295. The van der Waals surface area contributed by atoms with Crippen LogP contribution in [0.2, 0.25) is 18.1 Å². The first kappa shape index (κ1) is 30.2. The molecular formula is C28H43N3O5Si. The van der Waals surface area contributed by atoms with Crippen molar-refractivity contribution in [2.75, 3.05) is 0 Å². The normalized spacial score (nSPS) is 12.6. The average Bonchev–Trinajstić information content (AvgIpc) is 2.67. The number of alkyl carbamates (subject to hydrolysis) is 1. The number of amides is 2. The van der Waals surface area contributed by atoms with E-state index in [0.717, 1.165) is 27.0 Å². The largest absolute Gasteiger partial charge is 0.543 e. The number of carbonyl (C=O) groups excluding carboxylic acids is 2. The second-order valence-corrected chi connectivity index (χ2v) is 17.5. The van der Waals surface area contributed by atoms with Crippen molar-refractivity contribution in [1.82, 2.24) is 10.2 Å². The highest BCUT2D eigenvalue weighted by atomic mass is 28.4. The number of carbonyl (C=O) groups is 2. The summed E-state index contributed by atoms with van der Waals surface area (Å²) in [5.74, 6) is 0.410. The summed E-state index contributed by atoms with van der Waals surface area (Å²) in [6.07, 6.45) is -1.56. The van der Waals surface area contributed by atoms with Crippen LogP contribution in [0.25, 0.3) is 10.8 Å². The zero-order chi connectivity index (χ0) is 28.4. The summed E-state index contributed by atoms with van der Waals surface area (Å²) in [4.78, 5) is 26.3. The van der Waals surface area contributed by atoms with Gasteiger partial charge in [-0.3, -0.25) is 10.7 Å². The van der Waals surface area contributed by atoms with Crippen LogP contribution in [0.15, 0.2) is 36.4 Å². The van der Waals surface area contributed by atoms with Gasteiger partial charge in [0, 0.05) is 0 Å². The van der Waals surface area contributed by atoms with Crippen molar-refractivity contribution in [3.8, 4) is 5.75 Å². The maximum Gasteiger partial charge on any atom is 0.417 e. The summed E-state index contributed by atoms with van der Waals surface area (Å²) in [5.41, 5.74) is -0.745. The molecule has 9 heteroatoms. The zero-order valence-corrected chi connectivity index (χ0v) is 25.2. The lowest BCUT2D eigenvalue weighted by Gasteiger charge is -2.36. The van der Waals surface area contributed by atoms with Gasteiger partial charge in [-0.25, -0.2) is 14.5 Å². The molecule has 0 spiro atoms. The predicted octanol–water partition coefficient (Wildman–Crippen LogP) is 7.42. The van der Waals surface area contributed by atoms with E-state index >= 15 is 0 Å². The van der Waals surface area contributed by atoms with Crippen LogP contribution in [0.5, 0.6) is 5.75 Å². The average molecular weight is 530 g/mol. The van der Waals surface area contributed by atoms with Crippen molar-refractivity contribution in [1.29, 1.82) is 5.41 Å². The van der Waals surface area contributed by atoms with Crippen LogP contribution >= 0.6 is 0 Å². The molecule has 0 saturated carbocycles. The van der Waals surface area contributed by atoms with Crippen LogP contribution in [-0.4, -0.2) is 42.6 Å². The minimum Gasteiger partial charge on any atom is -0.543 e. The number of nitrogens with one attached hydrogen (secondary N) is 2. The molecule has 0 radical (unpaired) electrons. The lowest BCUT2D eigenvalue weighted by molar-refractivity contribution is 0.0346. The topological polar surface area (TPSA) is 101 Å². The van der Waals surface area contributed by atoms with E-state index < -0.39 is 37.7 Å². The van der Waals surface area contributed by atoms with E-state index in [2.05, 4.69) is 39.2 Å². The molecule has 0 fully saturated rings. The molecule has 2 aromatic carbocycles. The molecule has 0 aliphatic heterocycles. The van der Waals surface area contributed by atoms with E-state index in [1.807, 2.05) is 36.4 Å². The second-order valence-electron chi connectivity index (χ2n) is 12.7. The number of rotatable bonds is 4. The highest BCUT2D eigenvalue weighted by Crippen LogP contribution is 2.38. The van der Waals surface area contributed by atoms with Crippen LogP contribution < -0.4 is 9.74 Å². The van der Waals surface area contributed by atoms with Gasteiger partial charge in [0.05, 0.1) is 6.54 Å². The van der Waals surface area contributed by atoms with Crippen molar-refractivity contribution in [3.63, 3.8) is 0 Å². The fourth-order valence-electron chi connectivity index (χ4n) is 3.09. The van der Waals surface area contributed by atoms with Gasteiger partial charge in [-0.15, -0.1) is 0 Å². The first-order valence-electron chi connectivity index (χ1n) is 12.5. The summed E-state index contributed by atoms with van der Waals surface area (Å²) < 4.78 is 17.2. The monoisotopic (exact) mass is 529 g/mol. The molecule has 0 unspecified atom stereocenters. The number of fused-ring (bicyclic) bond motifs is 1. The summed E-state index contributed by atoms with van der Waals surface area (Å²) in [6, 6.07) is 11.8. The molecule has 8 nitrogen and oxygen atoms in total. The smallest absolute Gasteiger partial charge is 0.417 e. The van der Waals surface area contributed by atoms with Gasteiger partial charge in [0.1, 0.15) is 17.0 Å².